The Hall–Kier alpha value is -2.46. The summed E-state index contributed by atoms with van der Waals surface area (Å²) in [4.78, 5) is 44.8. The van der Waals surface area contributed by atoms with Crippen LogP contribution in [-0.4, -0.2) is 59.7 Å². The molecular weight excluding hydrogens is 472 g/mol. The Morgan fingerprint density at radius 1 is 0.973 bits per heavy atom. The molecule has 0 aromatic carbocycles. The molecule has 0 aromatic rings. The fraction of sp³-hybridized carbons (Fsp3) is 0.778. The van der Waals surface area contributed by atoms with Gasteiger partial charge in [-0.25, -0.2) is 0 Å². The molecule has 10 heteroatoms. The van der Waals surface area contributed by atoms with Crippen molar-refractivity contribution < 1.29 is 19.2 Å². The SMILES string of the molecule is C=C(C)CC.CCC(C(N)=O)N1CC(C)CC1=O.CCC(C)CN[C@@H](CC)C(N)=O.CC[C@H](N)C(N)=O. The summed E-state index contributed by atoms with van der Waals surface area (Å²) in [6, 6.07) is -1.02. The van der Waals surface area contributed by atoms with Crippen LogP contribution in [0.25, 0.3) is 0 Å². The zero-order chi connectivity index (χ0) is 29.7. The number of hydrogen-bond donors (Lipinski definition) is 5. The van der Waals surface area contributed by atoms with E-state index in [1.165, 1.54) is 5.57 Å². The Labute approximate surface area is 225 Å². The molecule has 37 heavy (non-hydrogen) atoms. The van der Waals surface area contributed by atoms with E-state index in [4.69, 9.17) is 22.9 Å². The van der Waals surface area contributed by atoms with Gasteiger partial charge < -0.3 is 33.2 Å². The maximum absolute atomic E-state index is 11.4. The van der Waals surface area contributed by atoms with Crippen LogP contribution < -0.4 is 28.3 Å². The molecule has 4 amide bonds. The van der Waals surface area contributed by atoms with Crippen molar-refractivity contribution in [3.63, 3.8) is 0 Å². The molecule has 218 valence electrons. The minimum Gasteiger partial charge on any atom is -0.368 e. The molecule has 1 saturated heterocycles. The molecule has 1 heterocycles. The first kappa shape index (κ1) is 39.1. The van der Waals surface area contributed by atoms with Crippen LogP contribution in [0.15, 0.2) is 12.2 Å². The number of nitrogens with one attached hydrogen (secondary N) is 1. The fourth-order valence-corrected chi connectivity index (χ4v) is 2.93. The minimum absolute atomic E-state index is 0.0538. The van der Waals surface area contributed by atoms with Gasteiger partial charge in [0.25, 0.3) is 0 Å². The summed E-state index contributed by atoms with van der Waals surface area (Å²) >= 11 is 0. The lowest BCUT2D eigenvalue weighted by Crippen LogP contribution is -2.45. The van der Waals surface area contributed by atoms with Gasteiger partial charge in [-0.1, -0.05) is 60.5 Å². The summed E-state index contributed by atoms with van der Waals surface area (Å²) in [5.41, 5.74) is 21.6. The normalized spacial score (nSPS) is 17.4. The summed E-state index contributed by atoms with van der Waals surface area (Å²) in [6.45, 7) is 21.3. The van der Waals surface area contributed by atoms with Gasteiger partial charge in [0.2, 0.25) is 23.6 Å². The van der Waals surface area contributed by atoms with Crippen LogP contribution in [0.3, 0.4) is 0 Å². The molecule has 0 aliphatic carbocycles. The first-order valence-corrected chi connectivity index (χ1v) is 13.4. The second-order valence-electron chi connectivity index (χ2n) is 9.69. The Morgan fingerprint density at radius 2 is 1.49 bits per heavy atom. The first-order chi connectivity index (χ1) is 17.1. The first-order valence-electron chi connectivity index (χ1n) is 13.4. The van der Waals surface area contributed by atoms with E-state index < -0.39 is 23.9 Å². The van der Waals surface area contributed by atoms with Crippen molar-refractivity contribution in [2.75, 3.05) is 13.1 Å². The minimum atomic E-state index is -0.458. The number of amides is 4. The lowest BCUT2D eigenvalue weighted by Gasteiger charge is -2.23. The summed E-state index contributed by atoms with van der Waals surface area (Å²) in [5, 5.41) is 3.14. The number of hydrogen-bond acceptors (Lipinski definition) is 6. The predicted octanol–water partition coefficient (Wildman–Crippen LogP) is 2.19. The van der Waals surface area contributed by atoms with Gasteiger partial charge in [-0.05, 0) is 51.0 Å². The Morgan fingerprint density at radius 3 is 1.70 bits per heavy atom. The monoisotopic (exact) mass is 528 g/mol. The summed E-state index contributed by atoms with van der Waals surface area (Å²) in [6.07, 6.45) is 4.78. The van der Waals surface area contributed by atoms with Crippen LogP contribution in [0.4, 0.5) is 0 Å². The van der Waals surface area contributed by atoms with Crippen molar-refractivity contribution in [3.8, 4) is 0 Å². The molecule has 1 fully saturated rings. The van der Waals surface area contributed by atoms with Crippen LogP contribution in [0.5, 0.6) is 0 Å². The highest BCUT2D eigenvalue weighted by molar-refractivity contribution is 5.87. The number of carbonyl (C=O) groups excluding carboxylic acids is 4. The van der Waals surface area contributed by atoms with Gasteiger partial charge in [0.15, 0.2) is 0 Å². The molecular formula is C27H56N6O4. The van der Waals surface area contributed by atoms with Crippen LogP contribution >= 0.6 is 0 Å². The highest BCUT2D eigenvalue weighted by atomic mass is 16.2. The highest BCUT2D eigenvalue weighted by Crippen LogP contribution is 2.20. The van der Waals surface area contributed by atoms with Gasteiger partial charge in [0, 0.05) is 13.0 Å². The van der Waals surface area contributed by atoms with E-state index in [2.05, 4.69) is 32.7 Å². The second-order valence-corrected chi connectivity index (χ2v) is 9.69. The average Bonchev–Trinajstić information content (AvgIpc) is 3.17. The molecule has 10 nitrogen and oxygen atoms in total. The van der Waals surface area contributed by atoms with Gasteiger partial charge >= 0.3 is 0 Å². The van der Waals surface area contributed by atoms with Crippen molar-refractivity contribution in [1.29, 1.82) is 0 Å². The number of likely N-dealkylation sites (tertiary alicyclic amines) is 1. The summed E-state index contributed by atoms with van der Waals surface area (Å²) < 4.78 is 0. The van der Waals surface area contributed by atoms with Gasteiger partial charge in [-0.15, -0.1) is 6.58 Å². The van der Waals surface area contributed by atoms with Crippen molar-refractivity contribution in [2.24, 2.45) is 34.8 Å². The van der Waals surface area contributed by atoms with Crippen LogP contribution in [0.2, 0.25) is 0 Å². The molecule has 0 aromatic heterocycles. The van der Waals surface area contributed by atoms with E-state index in [1.54, 1.807) is 4.90 Å². The maximum Gasteiger partial charge on any atom is 0.240 e. The fourth-order valence-electron chi connectivity index (χ4n) is 2.93. The van der Waals surface area contributed by atoms with Crippen molar-refractivity contribution >= 4 is 23.6 Å². The second kappa shape index (κ2) is 22.7. The third-order valence-corrected chi connectivity index (χ3v) is 6.01. The molecule has 0 radical (unpaired) electrons. The number of nitrogens with two attached hydrogens (primary N) is 4. The van der Waals surface area contributed by atoms with Crippen LogP contribution in [0, 0.1) is 11.8 Å². The molecule has 1 rings (SSSR count). The Kier molecular flexibility index (Phi) is 24.0. The smallest absolute Gasteiger partial charge is 0.240 e. The average molecular weight is 529 g/mol. The van der Waals surface area contributed by atoms with E-state index in [0.717, 1.165) is 25.8 Å². The van der Waals surface area contributed by atoms with Gasteiger partial charge in [0.1, 0.15) is 6.04 Å². The Bertz CT molecular complexity index is 686. The number of primary amides is 3. The molecule has 0 saturated carbocycles. The molecule has 1 aliphatic rings. The van der Waals surface area contributed by atoms with Crippen molar-refractivity contribution in [3.05, 3.63) is 12.2 Å². The number of rotatable bonds is 12. The summed E-state index contributed by atoms with van der Waals surface area (Å²) in [7, 11) is 0. The highest BCUT2D eigenvalue weighted by Gasteiger charge is 2.33. The molecule has 9 N–H and O–H groups in total. The van der Waals surface area contributed by atoms with Gasteiger partial charge in [-0.2, -0.15) is 0 Å². The largest absolute Gasteiger partial charge is 0.368 e. The predicted molar refractivity (Wildman–Crippen MR) is 152 cm³/mol. The zero-order valence-corrected chi connectivity index (χ0v) is 24.6. The molecule has 0 spiro atoms. The standard InChI is InChI=1S/C9H16N2O2.C9H20N2O.C5H10.C4H10N2O/c1-3-7(9(10)13)11-5-6(2)4-8(11)12;1-4-7(3)6-11-8(5-2)9(10)12;1-4-5(2)3;1-2-3(5)4(6)7/h6-7H,3-5H2,1-2H3,(H2,10,13);7-8,11H,4-6H2,1-3H3,(H2,10,12);2,4H2,1,3H3;3H,2,5H2,1H3,(H2,6,7)/t;7?,8-;;3-/m.0.0/s1. The quantitative estimate of drug-likeness (QED) is 0.241. The number of allylic oxidation sites excluding steroid dienone is 1. The lowest BCUT2D eigenvalue weighted by molar-refractivity contribution is -0.136. The van der Waals surface area contributed by atoms with Crippen LogP contribution in [-0.2, 0) is 19.2 Å². The lowest BCUT2D eigenvalue weighted by atomic mass is 10.1. The molecule has 1 aliphatic heterocycles. The van der Waals surface area contributed by atoms with E-state index in [9.17, 15) is 19.2 Å². The van der Waals surface area contributed by atoms with E-state index in [0.29, 0.717) is 37.6 Å². The third kappa shape index (κ3) is 20.3. The Balaban J connectivity index is -0.000000444. The topological polar surface area (TPSA) is 188 Å². The van der Waals surface area contributed by atoms with Crippen molar-refractivity contribution in [2.45, 2.75) is 112 Å². The number of carbonyl (C=O) groups is 4. The maximum atomic E-state index is 11.4. The summed E-state index contributed by atoms with van der Waals surface area (Å²) in [5.74, 6) is -0.0642. The van der Waals surface area contributed by atoms with Gasteiger partial charge in [-0.3, -0.25) is 19.2 Å². The van der Waals surface area contributed by atoms with Crippen molar-refractivity contribution in [1.82, 2.24) is 10.2 Å². The van der Waals surface area contributed by atoms with Gasteiger partial charge in [0.05, 0.1) is 12.1 Å². The molecule has 5 atom stereocenters. The van der Waals surface area contributed by atoms with E-state index >= 15 is 0 Å². The molecule has 0 bridgehead atoms. The zero-order valence-electron chi connectivity index (χ0n) is 24.6. The number of nitrogens with zero attached hydrogens (tertiary/aromatic N) is 1. The van der Waals surface area contributed by atoms with E-state index in [1.807, 2.05) is 34.6 Å². The molecule has 3 unspecified atom stereocenters. The van der Waals surface area contributed by atoms with E-state index in [-0.39, 0.29) is 17.9 Å². The van der Waals surface area contributed by atoms with Crippen LogP contribution in [0.1, 0.15) is 93.9 Å². The third-order valence-electron chi connectivity index (χ3n) is 6.01.